The average Bonchev–Trinajstić information content (AvgIpc) is 3.49. The molecule has 0 bridgehead atoms. The fraction of sp³-hybridized carbons (Fsp3) is 0.360. The lowest BCUT2D eigenvalue weighted by molar-refractivity contribution is -0.134. The molecule has 1 unspecified atom stereocenters. The summed E-state index contributed by atoms with van der Waals surface area (Å²) in [5, 5.41) is 15.9. The predicted octanol–water partition coefficient (Wildman–Crippen LogP) is 4.25. The van der Waals surface area contributed by atoms with Gasteiger partial charge in [0.1, 0.15) is 5.52 Å². The number of fused-ring (bicyclic) bond motifs is 1. The third-order valence-electron chi connectivity index (χ3n) is 6.37. The van der Waals surface area contributed by atoms with E-state index in [1.54, 1.807) is 0 Å². The van der Waals surface area contributed by atoms with Gasteiger partial charge >= 0.3 is 0 Å². The molecule has 2 N–H and O–H groups in total. The van der Waals surface area contributed by atoms with Crippen LogP contribution in [0.4, 0.5) is 17.6 Å². The Morgan fingerprint density at radius 1 is 1.11 bits per heavy atom. The molecule has 1 amide bonds. The summed E-state index contributed by atoms with van der Waals surface area (Å²) in [7, 11) is 0. The molecule has 0 aliphatic carbocycles. The highest BCUT2D eigenvalue weighted by atomic mass is 35.5. The minimum atomic E-state index is -0.195. The van der Waals surface area contributed by atoms with Gasteiger partial charge in [0.25, 0.3) is 0 Å². The molecule has 0 spiro atoms. The number of H-pyrrole nitrogens is 1. The van der Waals surface area contributed by atoms with Crippen molar-refractivity contribution in [3.8, 4) is 0 Å². The van der Waals surface area contributed by atoms with Gasteiger partial charge in [-0.2, -0.15) is 10.1 Å². The van der Waals surface area contributed by atoms with Crippen LogP contribution < -0.4 is 10.2 Å². The summed E-state index contributed by atoms with van der Waals surface area (Å²) in [6.45, 7) is 8.67. The minimum Gasteiger partial charge on any atom is -0.339 e. The van der Waals surface area contributed by atoms with Gasteiger partial charge in [-0.3, -0.25) is 9.89 Å². The van der Waals surface area contributed by atoms with Gasteiger partial charge in [0.2, 0.25) is 11.9 Å². The number of rotatable bonds is 6. The van der Waals surface area contributed by atoms with Crippen molar-refractivity contribution in [3.63, 3.8) is 0 Å². The Morgan fingerprint density at radius 3 is 2.51 bits per heavy atom. The van der Waals surface area contributed by atoms with Crippen LogP contribution in [0.5, 0.6) is 0 Å². The topological polar surface area (TPSA) is 94.5 Å². The van der Waals surface area contributed by atoms with Crippen molar-refractivity contribution in [2.45, 2.75) is 26.7 Å². The van der Waals surface area contributed by atoms with E-state index in [4.69, 9.17) is 21.7 Å². The van der Waals surface area contributed by atoms with Crippen molar-refractivity contribution in [3.05, 3.63) is 64.9 Å². The molecule has 4 heterocycles. The lowest BCUT2D eigenvalue weighted by Crippen LogP contribution is -2.51. The summed E-state index contributed by atoms with van der Waals surface area (Å²) in [5.74, 6) is 2.15. The number of carbonyl (C=O) groups excluding carboxylic acids is 1. The smallest absolute Gasteiger partial charge is 0.245 e. The first-order valence-electron chi connectivity index (χ1n) is 11.8. The number of halogens is 1. The Balaban J connectivity index is 1.32. The standard InChI is InChI=1S/C25H29ClN8O/c1-16(2)22(18-6-8-19(26)9-7-18)24(35)32-11-13-33(14-12-32)25-28-23(20-5-4-10-34(20)31-25)27-21-15-17(3)29-30-21/h4-10,15-16,22H,11-14H2,1-3H3,(H2,27,28,29,30,31). The first kappa shape index (κ1) is 23.2. The number of hydrogen-bond donors (Lipinski definition) is 2. The number of anilines is 3. The quantitative estimate of drug-likeness (QED) is 0.418. The number of aromatic amines is 1. The van der Waals surface area contributed by atoms with Gasteiger partial charge in [0.05, 0.1) is 5.92 Å². The Bertz CT molecular complexity index is 1320. The van der Waals surface area contributed by atoms with E-state index in [1.165, 1.54) is 0 Å². The summed E-state index contributed by atoms with van der Waals surface area (Å²) in [6, 6.07) is 13.4. The molecule has 9 nitrogen and oxygen atoms in total. The Hall–Kier alpha value is -3.59. The van der Waals surface area contributed by atoms with Crippen LogP contribution in [0.25, 0.3) is 5.52 Å². The zero-order valence-electron chi connectivity index (χ0n) is 20.1. The van der Waals surface area contributed by atoms with E-state index in [2.05, 4.69) is 34.3 Å². The summed E-state index contributed by atoms with van der Waals surface area (Å²) in [5.41, 5.74) is 2.83. The molecule has 182 valence electrons. The van der Waals surface area contributed by atoms with Gasteiger partial charge in [-0.1, -0.05) is 37.6 Å². The maximum atomic E-state index is 13.5. The van der Waals surface area contributed by atoms with Crippen LogP contribution in [0.3, 0.4) is 0 Å². The molecule has 0 saturated carbocycles. The molecule has 3 aromatic heterocycles. The molecule has 1 aliphatic rings. The molecule has 10 heteroatoms. The number of carbonyl (C=O) groups is 1. The van der Waals surface area contributed by atoms with Gasteiger partial charge in [-0.05, 0) is 42.7 Å². The molecule has 5 rings (SSSR count). The van der Waals surface area contributed by atoms with Crippen LogP contribution in [0.2, 0.25) is 5.02 Å². The number of piperazine rings is 1. The van der Waals surface area contributed by atoms with Crippen LogP contribution in [-0.4, -0.2) is 61.8 Å². The van der Waals surface area contributed by atoms with Gasteiger partial charge in [0, 0.05) is 49.2 Å². The van der Waals surface area contributed by atoms with Crippen molar-refractivity contribution in [1.82, 2.24) is 29.7 Å². The van der Waals surface area contributed by atoms with Crippen molar-refractivity contribution < 1.29 is 4.79 Å². The van der Waals surface area contributed by atoms with Crippen molar-refractivity contribution in [2.24, 2.45) is 5.92 Å². The largest absolute Gasteiger partial charge is 0.339 e. The summed E-state index contributed by atoms with van der Waals surface area (Å²) >= 11 is 6.06. The summed E-state index contributed by atoms with van der Waals surface area (Å²) in [4.78, 5) is 22.4. The second-order valence-electron chi connectivity index (χ2n) is 9.25. The SMILES string of the molecule is Cc1cc(Nc2nc(N3CCN(C(=O)C(c4ccc(Cl)cc4)C(C)C)CC3)nn3cccc23)n[nH]1. The van der Waals surface area contributed by atoms with Crippen LogP contribution in [0.1, 0.15) is 31.0 Å². The molecule has 1 aliphatic heterocycles. The van der Waals surface area contributed by atoms with Gasteiger partial charge in [-0.25, -0.2) is 4.52 Å². The molecule has 1 saturated heterocycles. The lowest BCUT2D eigenvalue weighted by atomic mass is 9.87. The summed E-state index contributed by atoms with van der Waals surface area (Å²) in [6.07, 6.45) is 1.90. The molecule has 35 heavy (non-hydrogen) atoms. The van der Waals surface area contributed by atoms with Crippen LogP contribution >= 0.6 is 11.6 Å². The monoisotopic (exact) mass is 492 g/mol. The van der Waals surface area contributed by atoms with E-state index in [0.717, 1.165) is 16.8 Å². The van der Waals surface area contributed by atoms with E-state index >= 15 is 0 Å². The minimum absolute atomic E-state index is 0.153. The average molecular weight is 493 g/mol. The van der Waals surface area contributed by atoms with Crippen LogP contribution in [0.15, 0.2) is 48.7 Å². The van der Waals surface area contributed by atoms with Gasteiger partial charge in [-0.15, -0.1) is 5.10 Å². The third-order valence-corrected chi connectivity index (χ3v) is 6.62. The first-order valence-corrected chi connectivity index (χ1v) is 12.2. The van der Waals surface area contributed by atoms with E-state index in [-0.39, 0.29) is 17.7 Å². The van der Waals surface area contributed by atoms with Crippen LogP contribution in [-0.2, 0) is 4.79 Å². The molecule has 1 fully saturated rings. The number of benzene rings is 1. The highest BCUT2D eigenvalue weighted by molar-refractivity contribution is 6.30. The number of nitrogens with zero attached hydrogens (tertiary/aromatic N) is 6. The molecular weight excluding hydrogens is 464 g/mol. The zero-order valence-corrected chi connectivity index (χ0v) is 20.8. The highest BCUT2D eigenvalue weighted by Crippen LogP contribution is 2.29. The van der Waals surface area contributed by atoms with Crippen LogP contribution in [0, 0.1) is 12.8 Å². The van der Waals surface area contributed by atoms with Crippen molar-refractivity contribution in [1.29, 1.82) is 0 Å². The second kappa shape index (κ2) is 9.58. The Morgan fingerprint density at radius 2 is 1.86 bits per heavy atom. The first-order chi connectivity index (χ1) is 16.9. The molecular formula is C25H29ClN8O. The maximum absolute atomic E-state index is 13.5. The summed E-state index contributed by atoms with van der Waals surface area (Å²) < 4.78 is 1.82. The van der Waals surface area contributed by atoms with Gasteiger partial charge < -0.3 is 15.1 Å². The molecule has 1 aromatic carbocycles. The zero-order chi connectivity index (χ0) is 24.5. The fourth-order valence-electron chi connectivity index (χ4n) is 4.56. The number of amides is 1. The van der Waals surface area contributed by atoms with Gasteiger partial charge in [0.15, 0.2) is 11.6 Å². The maximum Gasteiger partial charge on any atom is 0.245 e. The number of aromatic nitrogens is 5. The third kappa shape index (κ3) is 4.81. The Kier molecular flexibility index (Phi) is 6.34. The van der Waals surface area contributed by atoms with E-state index in [9.17, 15) is 4.79 Å². The van der Waals surface area contributed by atoms with E-state index in [0.29, 0.717) is 48.8 Å². The molecule has 0 radical (unpaired) electrons. The predicted molar refractivity (Wildman–Crippen MR) is 137 cm³/mol. The number of nitrogens with one attached hydrogen (secondary N) is 2. The van der Waals surface area contributed by atoms with Crippen molar-refractivity contribution in [2.75, 3.05) is 36.4 Å². The van der Waals surface area contributed by atoms with Crippen molar-refractivity contribution >= 4 is 40.6 Å². The normalized spacial score (nSPS) is 15.1. The van der Waals surface area contributed by atoms with E-state index < -0.39 is 0 Å². The number of aryl methyl sites for hydroxylation is 1. The highest BCUT2D eigenvalue weighted by Gasteiger charge is 2.31. The molecule has 1 atom stereocenters. The Labute approximate surface area is 209 Å². The lowest BCUT2D eigenvalue weighted by Gasteiger charge is -2.37. The second-order valence-corrected chi connectivity index (χ2v) is 9.68. The van der Waals surface area contributed by atoms with E-state index in [1.807, 2.05) is 65.0 Å². The fourth-order valence-corrected chi connectivity index (χ4v) is 4.68. The molecule has 4 aromatic rings. The number of hydrogen-bond acceptors (Lipinski definition) is 6.